The van der Waals surface area contributed by atoms with Crippen molar-refractivity contribution in [3.63, 3.8) is 0 Å². The van der Waals surface area contributed by atoms with Gasteiger partial charge in [0.25, 0.3) is 0 Å². The van der Waals surface area contributed by atoms with E-state index in [1.807, 2.05) is 0 Å². The molecule has 0 aliphatic heterocycles. The van der Waals surface area contributed by atoms with Crippen LogP contribution in [0.5, 0.6) is 17.2 Å². The zero-order valence-corrected chi connectivity index (χ0v) is 25.1. The highest BCUT2D eigenvalue weighted by Crippen LogP contribution is 2.49. The summed E-state index contributed by atoms with van der Waals surface area (Å²) in [6, 6.07) is 3.41. The summed E-state index contributed by atoms with van der Waals surface area (Å²) >= 11 is 0. The summed E-state index contributed by atoms with van der Waals surface area (Å²) in [6.07, 6.45) is 0. The molecule has 20 heteroatoms. The van der Waals surface area contributed by atoms with Crippen molar-refractivity contribution in [2.45, 2.75) is 19.8 Å². The number of halogens is 6. The molecule has 260 valence electrons. The Labute approximate surface area is 270 Å². The van der Waals surface area contributed by atoms with E-state index in [9.17, 15) is 60.6 Å². The minimum absolute atomic E-state index is 0.557. The number of benzene rings is 3. The van der Waals surface area contributed by atoms with Crippen LogP contribution in [0.4, 0.5) is 26.3 Å². The van der Waals surface area contributed by atoms with Gasteiger partial charge in [-0.2, -0.15) is 4.57 Å². The molecule has 0 bridgehead atoms. The van der Waals surface area contributed by atoms with Crippen LogP contribution < -0.4 is 30.4 Å². The molecular weight excluding hydrogens is 713 g/mol. The van der Waals surface area contributed by atoms with E-state index in [1.165, 1.54) is 0 Å². The zero-order valence-electron chi connectivity index (χ0n) is 24.2. The molecule has 3 N–H and O–H groups in total. The van der Waals surface area contributed by atoms with Crippen molar-refractivity contribution >= 4 is 40.7 Å². The van der Waals surface area contributed by atoms with Crippen LogP contribution in [0.2, 0.25) is 0 Å². The molecule has 0 fully saturated rings. The van der Waals surface area contributed by atoms with Gasteiger partial charge in [0.1, 0.15) is 17.5 Å². The number of rotatable bonds is 9. The van der Waals surface area contributed by atoms with Gasteiger partial charge in [0, 0.05) is 16.2 Å². The van der Waals surface area contributed by atoms with Crippen LogP contribution in [0.25, 0.3) is 32.9 Å². The maximum Gasteiger partial charge on any atom is 0.647 e. The van der Waals surface area contributed by atoms with Gasteiger partial charge in [-0.1, -0.05) is 0 Å². The molecule has 0 saturated carbocycles. The van der Waals surface area contributed by atoms with E-state index in [1.54, 1.807) is 0 Å². The molecule has 6 rings (SSSR count). The van der Waals surface area contributed by atoms with E-state index in [0.717, 1.165) is 0 Å². The fourth-order valence-corrected chi connectivity index (χ4v) is 5.89. The first-order valence-electron chi connectivity index (χ1n) is 13.5. The number of hydrogen-bond donors (Lipinski definition) is 3. The van der Waals surface area contributed by atoms with Crippen LogP contribution in [-0.4, -0.2) is 15.3 Å². The second kappa shape index (κ2) is 12.7. The van der Waals surface area contributed by atoms with E-state index < -0.39 is 146 Å². The first-order chi connectivity index (χ1) is 23.7. The molecule has 0 aliphatic carbocycles. The summed E-state index contributed by atoms with van der Waals surface area (Å²) < 4.78 is 131. The second-order valence-corrected chi connectivity index (χ2v) is 11.5. The molecule has 50 heavy (non-hydrogen) atoms. The van der Waals surface area contributed by atoms with Crippen molar-refractivity contribution in [1.29, 1.82) is 0 Å². The molecule has 0 spiro atoms. The quantitative estimate of drug-likeness (QED) is 0.103. The summed E-state index contributed by atoms with van der Waals surface area (Å²) in [5, 5.41) is 26.0. The smallest absolute Gasteiger partial charge is 0.417 e. The highest BCUT2D eigenvalue weighted by Gasteiger charge is 2.38. The molecule has 0 radical (unpaired) electrons. The molecule has 6 aromatic rings. The minimum Gasteiger partial charge on any atom is -0.417 e. The first-order valence-corrected chi connectivity index (χ1v) is 15.0. The summed E-state index contributed by atoms with van der Waals surface area (Å²) in [5.41, 5.74) is -10.3. The van der Waals surface area contributed by atoms with Crippen LogP contribution in [0.15, 0.2) is 64.0 Å². The summed E-state index contributed by atoms with van der Waals surface area (Å²) in [5.74, 6) is -12.0. The topological polar surface area (TPSA) is 196 Å². The third kappa shape index (κ3) is 5.85. The fraction of sp³-hybridized carbons (Fsp3) is 0.100. The lowest BCUT2D eigenvalue weighted by atomic mass is 10.1. The maximum absolute atomic E-state index is 14.7. The number of aliphatic hydroxyl groups is 3. The van der Waals surface area contributed by atoms with Gasteiger partial charge in [0.15, 0.2) is 34.2 Å². The van der Waals surface area contributed by atoms with E-state index in [4.69, 9.17) is 26.8 Å². The Balaban J connectivity index is 1.51. The van der Waals surface area contributed by atoms with Crippen LogP contribution >= 0.6 is 7.82 Å². The Kier molecular flexibility index (Phi) is 8.69. The van der Waals surface area contributed by atoms with Crippen LogP contribution in [0, 0.1) is 34.9 Å². The van der Waals surface area contributed by atoms with Gasteiger partial charge in [0.05, 0.1) is 36.5 Å². The zero-order chi connectivity index (χ0) is 36.2. The monoisotopic (exact) mass is 728 g/mol. The standard InChI is InChI=1S/C30H15F6O13P/c31-16-1-10-4-19(28(40)44-25(10)22(34)13(16)7-37)47-50(43,48-20-5-11-2-17(32)14(8-38)23(35)26(11)45-29(20)41)49-21-6-12-3-18(33)15(9-39)24(36)27(12)46-30(21)42/h1-6,37-39H,7-9H2. The normalized spacial score (nSPS) is 11.9. The number of fused-ring (bicyclic) bond motifs is 3. The number of aliphatic hydroxyl groups excluding tert-OH is 3. The van der Waals surface area contributed by atoms with Crippen molar-refractivity contribution < 1.29 is 73.0 Å². The molecular formula is C30H15F6O13P. The van der Waals surface area contributed by atoms with Gasteiger partial charge >= 0.3 is 24.7 Å². The Morgan fingerprint density at radius 2 is 0.760 bits per heavy atom. The Hall–Kier alpha value is -5.62. The van der Waals surface area contributed by atoms with Crippen molar-refractivity contribution in [1.82, 2.24) is 0 Å². The highest BCUT2D eigenvalue weighted by molar-refractivity contribution is 7.49. The molecule has 0 atom stereocenters. The Bertz CT molecular complexity index is 2330. The average Bonchev–Trinajstić information content (AvgIpc) is 3.04. The molecule has 13 nitrogen and oxygen atoms in total. The maximum atomic E-state index is 14.7. The highest BCUT2D eigenvalue weighted by atomic mass is 31.2. The number of phosphoric acid groups is 1. The second-order valence-electron chi connectivity index (χ2n) is 10.1. The largest absolute Gasteiger partial charge is 0.647 e. The van der Waals surface area contributed by atoms with Gasteiger partial charge in [-0.25, -0.2) is 40.7 Å². The van der Waals surface area contributed by atoms with Gasteiger partial charge in [-0.05, 0) is 36.4 Å². The predicted molar refractivity (Wildman–Crippen MR) is 154 cm³/mol. The number of phosphoric ester groups is 1. The van der Waals surface area contributed by atoms with E-state index in [2.05, 4.69) is 0 Å². The third-order valence-corrected chi connectivity index (χ3v) is 8.30. The molecule has 3 heterocycles. The molecule has 0 aliphatic rings. The summed E-state index contributed by atoms with van der Waals surface area (Å²) in [6.45, 7) is -3.42. The first kappa shape index (κ1) is 34.3. The summed E-state index contributed by atoms with van der Waals surface area (Å²) in [7, 11) is -5.78. The van der Waals surface area contributed by atoms with Crippen LogP contribution in [0.1, 0.15) is 16.7 Å². The lowest BCUT2D eigenvalue weighted by Gasteiger charge is -2.18. The van der Waals surface area contributed by atoms with Gasteiger partial charge < -0.3 is 42.1 Å². The van der Waals surface area contributed by atoms with Gasteiger partial charge in [-0.15, -0.1) is 0 Å². The van der Waals surface area contributed by atoms with Crippen molar-refractivity contribution in [2.24, 2.45) is 0 Å². The van der Waals surface area contributed by atoms with E-state index >= 15 is 0 Å². The van der Waals surface area contributed by atoms with E-state index in [-0.39, 0.29) is 0 Å². The van der Waals surface area contributed by atoms with Gasteiger partial charge in [-0.3, -0.25) is 0 Å². The Morgan fingerprint density at radius 1 is 0.500 bits per heavy atom. The van der Waals surface area contributed by atoms with Crippen molar-refractivity contribution in [3.8, 4) is 17.2 Å². The van der Waals surface area contributed by atoms with E-state index in [0.29, 0.717) is 36.4 Å². The van der Waals surface area contributed by atoms with Crippen molar-refractivity contribution in [2.75, 3.05) is 0 Å². The Morgan fingerprint density at radius 3 is 1.00 bits per heavy atom. The average molecular weight is 728 g/mol. The van der Waals surface area contributed by atoms with Crippen molar-refractivity contribution in [3.05, 3.63) is 119 Å². The lowest BCUT2D eigenvalue weighted by Crippen LogP contribution is -2.17. The fourth-order valence-electron chi connectivity index (χ4n) is 4.68. The third-order valence-electron chi connectivity index (χ3n) is 7.04. The molecule has 0 amide bonds. The molecule has 3 aromatic heterocycles. The molecule has 0 unspecified atom stereocenters. The minimum atomic E-state index is -5.78. The summed E-state index contributed by atoms with van der Waals surface area (Å²) in [4.78, 5) is 38.4. The predicted octanol–water partition coefficient (Wildman–Crippen LogP) is 4.96. The van der Waals surface area contributed by atoms with Gasteiger partial charge in [0.2, 0.25) is 17.2 Å². The molecule has 0 saturated heterocycles. The molecule has 3 aromatic carbocycles. The number of hydrogen-bond acceptors (Lipinski definition) is 13. The lowest BCUT2D eigenvalue weighted by molar-refractivity contribution is 0.268. The SMILES string of the molecule is O=c1oc2c(F)c(CO)c(F)cc2cc1OP(=O)(Oc1cc2cc(F)c(CO)c(F)c2oc1=O)Oc1cc2cc(F)c(CO)c(F)c2oc1=O. The van der Waals surface area contributed by atoms with Crippen LogP contribution in [0.3, 0.4) is 0 Å². The van der Waals surface area contributed by atoms with Crippen LogP contribution in [-0.2, 0) is 24.4 Å².